The third kappa shape index (κ3) is 5.75. The molecule has 2 heterocycles. The summed E-state index contributed by atoms with van der Waals surface area (Å²) in [6.07, 6.45) is -6.19. The number of carbonyl (C=O) groups excluding carboxylic acids is 2. The first-order valence-electron chi connectivity index (χ1n) is 9.58. The number of ether oxygens (including phenoxy) is 1. The Morgan fingerprint density at radius 1 is 1.27 bits per heavy atom. The highest BCUT2D eigenvalue weighted by Gasteiger charge is 2.40. The Hall–Kier alpha value is -3.71. The summed E-state index contributed by atoms with van der Waals surface area (Å²) < 4.78 is 44.9. The minimum absolute atomic E-state index is 0.100. The van der Waals surface area contributed by atoms with E-state index < -0.39 is 23.9 Å². The first-order valence-corrected chi connectivity index (χ1v) is 9.58. The van der Waals surface area contributed by atoms with E-state index in [9.17, 15) is 27.9 Å². The van der Waals surface area contributed by atoms with Crippen LogP contribution in [-0.4, -0.2) is 63.2 Å². The van der Waals surface area contributed by atoms with Gasteiger partial charge in [-0.3, -0.25) is 14.3 Å². The zero-order valence-corrected chi connectivity index (χ0v) is 17.3. The summed E-state index contributed by atoms with van der Waals surface area (Å²) in [7, 11) is 1.36. The molecule has 0 aliphatic carbocycles. The number of hydrogen-bond donors (Lipinski definition) is 4. The number of rotatable bonds is 8. The summed E-state index contributed by atoms with van der Waals surface area (Å²) in [5, 5.41) is 28.0. The Morgan fingerprint density at radius 3 is 2.70 bits per heavy atom. The van der Waals surface area contributed by atoms with E-state index in [0.717, 1.165) is 6.07 Å². The molecule has 0 saturated heterocycles. The van der Waals surface area contributed by atoms with Crippen molar-refractivity contribution in [3.05, 3.63) is 47.9 Å². The van der Waals surface area contributed by atoms with Crippen molar-refractivity contribution in [2.24, 2.45) is 0 Å². The van der Waals surface area contributed by atoms with Gasteiger partial charge in [0.05, 0.1) is 30.6 Å². The molecule has 1 atom stereocenters. The molecule has 3 aromatic rings. The van der Waals surface area contributed by atoms with Crippen LogP contribution in [0.3, 0.4) is 0 Å². The molecule has 1 aromatic carbocycles. The van der Waals surface area contributed by atoms with Gasteiger partial charge < -0.3 is 25.6 Å². The maximum absolute atomic E-state index is 12.8. The van der Waals surface area contributed by atoms with Crippen LogP contribution in [0.15, 0.2) is 36.5 Å². The van der Waals surface area contributed by atoms with Crippen LogP contribution in [0.4, 0.5) is 18.9 Å². The number of aliphatic hydroxyl groups excluding tert-OH is 2. The predicted octanol–water partition coefficient (Wildman–Crippen LogP) is 1.40. The van der Waals surface area contributed by atoms with Crippen LogP contribution in [0, 0.1) is 0 Å². The van der Waals surface area contributed by atoms with Gasteiger partial charge in [0.25, 0.3) is 5.91 Å². The molecular formula is C20H20F3N5O5. The van der Waals surface area contributed by atoms with Gasteiger partial charge in [-0.05, 0) is 18.2 Å². The third-order valence-electron chi connectivity index (χ3n) is 4.45. The van der Waals surface area contributed by atoms with Crippen molar-refractivity contribution in [3.63, 3.8) is 0 Å². The zero-order valence-electron chi connectivity index (χ0n) is 17.3. The number of nitrogens with one attached hydrogen (secondary N) is 2. The number of methoxy groups -OCH3 is 1. The lowest BCUT2D eigenvalue weighted by molar-refractivity contribution is -0.208. The highest BCUT2D eigenvalue weighted by molar-refractivity contribution is 6.05. The van der Waals surface area contributed by atoms with Crippen LogP contribution < -0.4 is 15.4 Å². The van der Waals surface area contributed by atoms with Crippen molar-refractivity contribution < 1.29 is 37.7 Å². The fourth-order valence-corrected chi connectivity index (χ4v) is 2.93. The number of aliphatic hydroxyl groups is 2. The van der Waals surface area contributed by atoms with Gasteiger partial charge in [-0.1, -0.05) is 6.07 Å². The maximum atomic E-state index is 12.8. The van der Waals surface area contributed by atoms with Gasteiger partial charge in [-0.2, -0.15) is 18.3 Å². The molecule has 0 radical (unpaired) electrons. The monoisotopic (exact) mass is 467 g/mol. The Kier molecular flexibility index (Phi) is 7.13. The summed E-state index contributed by atoms with van der Waals surface area (Å²) in [6.45, 7) is -0.185. The van der Waals surface area contributed by atoms with E-state index in [1.807, 2.05) is 0 Å². The predicted molar refractivity (Wildman–Crippen MR) is 110 cm³/mol. The highest BCUT2D eigenvalue weighted by atomic mass is 19.4. The Balaban J connectivity index is 1.83. The van der Waals surface area contributed by atoms with Crippen LogP contribution in [0.25, 0.3) is 10.9 Å². The number of fused-ring (bicyclic) bond motifs is 1. The Labute approximate surface area is 185 Å². The molecule has 0 aliphatic heterocycles. The maximum Gasteiger partial charge on any atom is 0.420 e. The zero-order chi connectivity index (χ0) is 24.2. The summed E-state index contributed by atoms with van der Waals surface area (Å²) in [6, 6.07) is 6.39. The quantitative estimate of drug-likeness (QED) is 0.393. The second-order valence-corrected chi connectivity index (χ2v) is 6.86. The Bertz CT molecular complexity index is 1160. The molecule has 0 spiro atoms. The van der Waals surface area contributed by atoms with E-state index in [-0.39, 0.29) is 42.7 Å². The smallest absolute Gasteiger partial charge is 0.420 e. The molecule has 3 rings (SSSR count). The topological polar surface area (TPSA) is 139 Å². The van der Waals surface area contributed by atoms with E-state index in [2.05, 4.69) is 20.7 Å². The molecule has 2 aromatic heterocycles. The number of halogens is 3. The Morgan fingerprint density at radius 2 is 2.03 bits per heavy atom. The van der Waals surface area contributed by atoms with Crippen molar-refractivity contribution in [1.29, 1.82) is 0 Å². The van der Waals surface area contributed by atoms with Crippen molar-refractivity contribution in [2.45, 2.75) is 18.8 Å². The summed E-state index contributed by atoms with van der Waals surface area (Å²) in [5.41, 5.74) is -0.386. The van der Waals surface area contributed by atoms with Crippen molar-refractivity contribution >= 4 is 28.4 Å². The van der Waals surface area contributed by atoms with Gasteiger partial charge in [-0.15, -0.1) is 0 Å². The molecule has 10 nitrogen and oxygen atoms in total. The fraction of sp³-hybridized carbons (Fsp3) is 0.300. The first-order chi connectivity index (χ1) is 15.6. The van der Waals surface area contributed by atoms with Crippen molar-refractivity contribution in [3.8, 4) is 5.75 Å². The molecule has 4 N–H and O–H groups in total. The molecule has 176 valence electrons. The second kappa shape index (κ2) is 9.83. The third-order valence-corrected chi connectivity index (χ3v) is 4.45. The first kappa shape index (κ1) is 23.9. The minimum atomic E-state index is -4.93. The number of alkyl halides is 3. The van der Waals surface area contributed by atoms with Crippen LogP contribution >= 0.6 is 0 Å². The van der Waals surface area contributed by atoms with E-state index in [4.69, 9.17) is 9.84 Å². The molecule has 13 heteroatoms. The summed E-state index contributed by atoms with van der Waals surface area (Å²) in [5.74, 6) is -0.957. The molecule has 1 unspecified atom stereocenters. The number of benzene rings is 1. The van der Waals surface area contributed by atoms with Crippen molar-refractivity contribution in [1.82, 2.24) is 20.1 Å². The molecule has 0 aliphatic rings. The summed E-state index contributed by atoms with van der Waals surface area (Å²) >= 11 is 0. The number of hydrogen-bond acceptors (Lipinski definition) is 7. The fourth-order valence-electron chi connectivity index (χ4n) is 2.93. The van der Waals surface area contributed by atoms with Gasteiger partial charge >= 0.3 is 6.18 Å². The molecule has 2 amide bonds. The number of pyridine rings is 1. The van der Waals surface area contributed by atoms with Gasteiger partial charge in [0.2, 0.25) is 5.91 Å². The number of aromatic nitrogens is 3. The van der Waals surface area contributed by atoms with Gasteiger partial charge in [0.15, 0.2) is 6.10 Å². The van der Waals surface area contributed by atoms with Crippen molar-refractivity contribution in [2.75, 3.05) is 25.6 Å². The molecular weight excluding hydrogens is 447 g/mol. The molecule has 0 bridgehead atoms. The molecule has 33 heavy (non-hydrogen) atoms. The number of carbonyl (C=O) groups is 2. The lowest BCUT2D eigenvalue weighted by Gasteiger charge is -2.15. The van der Waals surface area contributed by atoms with Gasteiger partial charge in [-0.25, -0.2) is 4.98 Å². The number of nitrogens with zero attached hydrogens (tertiary/aromatic N) is 3. The largest absolute Gasteiger partial charge is 0.494 e. The van der Waals surface area contributed by atoms with Crippen LogP contribution in [0.5, 0.6) is 5.75 Å². The van der Waals surface area contributed by atoms with Crippen LogP contribution in [-0.2, 0) is 11.3 Å². The number of amides is 2. The van der Waals surface area contributed by atoms with Gasteiger partial charge in [0.1, 0.15) is 18.0 Å². The van der Waals surface area contributed by atoms with E-state index in [0.29, 0.717) is 10.9 Å². The summed E-state index contributed by atoms with van der Waals surface area (Å²) in [4.78, 5) is 28.0. The van der Waals surface area contributed by atoms with E-state index in [1.54, 1.807) is 6.20 Å². The lowest BCUT2D eigenvalue weighted by Crippen LogP contribution is -2.30. The highest BCUT2D eigenvalue weighted by Crippen LogP contribution is 2.32. The lowest BCUT2D eigenvalue weighted by atomic mass is 10.2. The average molecular weight is 467 g/mol. The number of anilines is 1. The molecule has 0 saturated carbocycles. The van der Waals surface area contributed by atoms with Gasteiger partial charge in [0, 0.05) is 24.2 Å². The SMILES string of the molecule is COc1cc2nn(CC(=O)NCCO)cc2cc1NC(=O)c1cccc(C(O)C(F)(F)F)n1. The normalized spacial score (nSPS) is 12.4. The molecule has 0 fully saturated rings. The van der Waals surface area contributed by atoms with Crippen LogP contribution in [0.1, 0.15) is 22.3 Å². The average Bonchev–Trinajstić information content (AvgIpc) is 3.16. The second-order valence-electron chi connectivity index (χ2n) is 6.86. The standard InChI is InChI=1S/C20H20F3N5O5/c1-33-16-8-14-11(9-28(27-14)10-17(30)24-5-6-29)7-15(16)26-19(32)13-4-2-3-12(25-13)18(31)20(21,22)23/h2-4,7-9,18,29,31H,5-6,10H2,1H3,(H,24,30)(H,26,32). The minimum Gasteiger partial charge on any atom is -0.494 e. The van der Waals surface area contributed by atoms with Crippen LogP contribution in [0.2, 0.25) is 0 Å². The van der Waals surface area contributed by atoms with E-state index >= 15 is 0 Å². The van der Waals surface area contributed by atoms with E-state index in [1.165, 1.54) is 36.1 Å².